The van der Waals surface area contributed by atoms with Gasteiger partial charge in [-0.15, -0.1) is 0 Å². The van der Waals surface area contributed by atoms with E-state index in [1.807, 2.05) is 27.9 Å². The summed E-state index contributed by atoms with van der Waals surface area (Å²) in [5.41, 5.74) is 2.31. The Hall–Kier alpha value is -1.05. The van der Waals surface area contributed by atoms with Crippen LogP contribution < -0.4 is 0 Å². The SMILES string of the molecule is C=N/C=C(C)\C(=C/C)N(C)C. The molecule has 0 rings (SSSR count). The molecule has 0 aliphatic heterocycles. The molecule has 11 heavy (non-hydrogen) atoms. The van der Waals surface area contributed by atoms with E-state index < -0.39 is 0 Å². The summed E-state index contributed by atoms with van der Waals surface area (Å²) in [6, 6.07) is 0. The first kappa shape index (κ1) is 9.95. The first-order chi connectivity index (χ1) is 5.13. The fourth-order valence-corrected chi connectivity index (χ4v) is 1.04. The zero-order valence-corrected chi connectivity index (χ0v) is 7.76. The molecule has 62 valence electrons. The third kappa shape index (κ3) is 3.03. The molecule has 0 N–H and O–H groups in total. The summed E-state index contributed by atoms with van der Waals surface area (Å²) >= 11 is 0. The van der Waals surface area contributed by atoms with Crippen molar-refractivity contribution in [1.82, 2.24) is 4.90 Å². The molecular formula is C9H16N2. The molecule has 0 bridgehead atoms. The van der Waals surface area contributed by atoms with Gasteiger partial charge in [0, 0.05) is 26.0 Å². The molecule has 0 spiro atoms. The third-order valence-corrected chi connectivity index (χ3v) is 1.44. The van der Waals surface area contributed by atoms with Crippen LogP contribution in [-0.4, -0.2) is 25.7 Å². The maximum absolute atomic E-state index is 3.71. The fraction of sp³-hybridized carbons (Fsp3) is 0.444. The van der Waals surface area contributed by atoms with Gasteiger partial charge >= 0.3 is 0 Å². The summed E-state index contributed by atoms with van der Waals surface area (Å²) in [6.07, 6.45) is 3.81. The Kier molecular flexibility index (Phi) is 4.27. The van der Waals surface area contributed by atoms with Crippen LogP contribution in [0.3, 0.4) is 0 Å². The number of likely N-dealkylation sites (N-methyl/N-ethyl adjacent to an activating group) is 1. The molecule has 0 amide bonds. The van der Waals surface area contributed by atoms with Crippen molar-refractivity contribution in [2.45, 2.75) is 13.8 Å². The largest absolute Gasteiger partial charge is 0.378 e. The van der Waals surface area contributed by atoms with Crippen LogP contribution in [0.1, 0.15) is 13.8 Å². The van der Waals surface area contributed by atoms with E-state index in [-0.39, 0.29) is 0 Å². The van der Waals surface area contributed by atoms with Crippen molar-refractivity contribution in [2.75, 3.05) is 14.1 Å². The van der Waals surface area contributed by atoms with Gasteiger partial charge < -0.3 is 4.90 Å². The van der Waals surface area contributed by atoms with E-state index in [4.69, 9.17) is 0 Å². The maximum Gasteiger partial charge on any atom is 0.0362 e. The predicted molar refractivity (Wildman–Crippen MR) is 50.8 cm³/mol. The fourth-order valence-electron chi connectivity index (χ4n) is 1.04. The molecule has 0 saturated carbocycles. The Labute approximate surface area is 68.9 Å². The average molecular weight is 152 g/mol. The van der Waals surface area contributed by atoms with Crippen molar-refractivity contribution in [3.05, 3.63) is 23.5 Å². The Morgan fingerprint density at radius 3 is 2.27 bits per heavy atom. The average Bonchev–Trinajstić information content (AvgIpc) is 1.88. The van der Waals surface area contributed by atoms with Gasteiger partial charge in [-0.05, 0) is 26.1 Å². The van der Waals surface area contributed by atoms with Crippen LogP contribution >= 0.6 is 0 Å². The van der Waals surface area contributed by atoms with Gasteiger partial charge in [-0.25, -0.2) is 0 Å². The number of aliphatic imine (C=N–C) groups is 1. The van der Waals surface area contributed by atoms with Crippen molar-refractivity contribution in [3.8, 4) is 0 Å². The first-order valence-electron chi connectivity index (χ1n) is 3.60. The molecule has 0 unspecified atom stereocenters. The Morgan fingerprint density at radius 2 is 2.00 bits per heavy atom. The molecule has 0 aliphatic carbocycles. The lowest BCUT2D eigenvalue weighted by atomic mass is 10.2. The van der Waals surface area contributed by atoms with Gasteiger partial charge in [0.25, 0.3) is 0 Å². The molecule has 0 aliphatic rings. The summed E-state index contributed by atoms with van der Waals surface area (Å²) < 4.78 is 0. The van der Waals surface area contributed by atoms with Crippen LogP contribution in [-0.2, 0) is 0 Å². The predicted octanol–water partition coefficient (Wildman–Crippen LogP) is 2.06. The normalized spacial score (nSPS) is 13.1. The lowest BCUT2D eigenvalue weighted by Crippen LogP contribution is -2.11. The quantitative estimate of drug-likeness (QED) is 0.446. The molecule has 0 aromatic rings. The highest BCUT2D eigenvalue weighted by Gasteiger charge is 1.98. The topological polar surface area (TPSA) is 15.6 Å². The summed E-state index contributed by atoms with van der Waals surface area (Å²) in [6.45, 7) is 7.43. The number of allylic oxidation sites excluding steroid dienone is 2. The highest BCUT2D eigenvalue weighted by atomic mass is 15.1. The minimum atomic E-state index is 1.13. The van der Waals surface area contributed by atoms with Gasteiger partial charge in [0.15, 0.2) is 0 Å². The molecule has 2 nitrogen and oxygen atoms in total. The van der Waals surface area contributed by atoms with Crippen molar-refractivity contribution in [2.24, 2.45) is 4.99 Å². The maximum atomic E-state index is 3.71. The number of nitrogens with zero attached hydrogens (tertiary/aromatic N) is 2. The zero-order valence-electron chi connectivity index (χ0n) is 7.76. The molecular weight excluding hydrogens is 136 g/mol. The summed E-state index contributed by atoms with van der Waals surface area (Å²) in [4.78, 5) is 5.76. The minimum absolute atomic E-state index is 1.13. The molecule has 0 saturated heterocycles. The van der Waals surface area contributed by atoms with Crippen molar-refractivity contribution < 1.29 is 0 Å². The monoisotopic (exact) mass is 152 g/mol. The highest BCUT2D eigenvalue weighted by Crippen LogP contribution is 2.10. The third-order valence-electron chi connectivity index (χ3n) is 1.44. The molecule has 0 aromatic carbocycles. The smallest absolute Gasteiger partial charge is 0.0362 e. The summed E-state index contributed by atoms with van der Waals surface area (Å²) in [5, 5.41) is 0. The number of rotatable bonds is 3. The molecule has 0 fully saturated rings. The second-order valence-electron chi connectivity index (χ2n) is 2.56. The number of hydrogen-bond donors (Lipinski definition) is 0. The van der Waals surface area contributed by atoms with Gasteiger partial charge in [-0.3, -0.25) is 4.99 Å². The van der Waals surface area contributed by atoms with Crippen LogP contribution in [0.4, 0.5) is 0 Å². The molecule has 0 heterocycles. The van der Waals surface area contributed by atoms with Crippen molar-refractivity contribution in [1.29, 1.82) is 0 Å². The van der Waals surface area contributed by atoms with E-state index in [2.05, 4.69) is 22.7 Å². The van der Waals surface area contributed by atoms with Crippen LogP contribution in [0, 0.1) is 0 Å². The lowest BCUT2D eigenvalue weighted by molar-refractivity contribution is 0.520. The minimum Gasteiger partial charge on any atom is -0.378 e. The van der Waals surface area contributed by atoms with Gasteiger partial charge in [-0.1, -0.05) is 6.08 Å². The molecule has 0 aromatic heterocycles. The van der Waals surface area contributed by atoms with Crippen molar-refractivity contribution in [3.63, 3.8) is 0 Å². The summed E-state index contributed by atoms with van der Waals surface area (Å²) in [7, 11) is 4.02. The van der Waals surface area contributed by atoms with E-state index in [1.165, 1.54) is 5.70 Å². The molecule has 0 radical (unpaired) electrons. The van der Waals surface area contributed by atoms with Crippen LogP contribution in [0.2, 0.25) is 0 Å². The van der Waals surface area contributed by atoms with Crippen molar-refractivity contribution >= 4 is 6.72 Å². The van der Waals surface area contributed by atoms with E-state index in [0.717, 1.165) is 5.57 Å². The van der Waals surface area contributed by atoms with Crippen LogP contribution in [0.25, 0.3) is 0 Å². The second kappa shape index (κ2) is 4.72. The van der Waals surface area contributed by atoms with Gasteiger partial charge in [0.2, 0.25) is 0 Å². The first-order valence-corrected chi connectivity index (χ1v) is 3.60. The highest BCUT2D eigenvalue weighted by molar-refractivity contribution is 5.31. The molecule has 2 heteroatoms. The van der Waals surface area contributed by atoms with Gasteiger partial charge in [0.05, 0.1) is 0 Å². The Balaban J connectivity index is 4.53. The van der Waals surface area contributed by atoms with Crippen LogP contribution in [0.5, 0.6) is 0 Å². The Bertz CT molecular complexity index is 188. The Morgan fingerprint density at radius 1 is 1.45 bits per heavy atom. The molecule has 0 atom stereocenters. The van der Waals surface area contributed by atoms with E-state index in [0.29, 0.717) is 0 Å². The van der Waals surface area contributed by atoms with E-state index in [1.54, 1.807) is 6.20 Å². The van der Waals surface area contributed by atoms with Crippen LogP contribution in [0.15, 0.2) is 28.5 Å². The number of hydrogen-bond acceptors (Lipinski definition) is 2. The van der Waals surface area contributed by atoms with Gasteiger partial charge in [-0.2, -0.15) is 0 Å². The van der Waals surface area contributed by atoms with E-state index in [9.17, 15) is 0 Å². The zero-order chi connectivity index (χ0) is 8.85. The standard InChI is InChI=1S/C9H16N2/c1-6-9(11(4)5)8(2)7-10-3/h6-7H,3H2,1-2,4-5H3/b8-7-,9-6+. The lowest BCUT2D eigenvalue weighted by Gasteiger charge is -2.16. The summed E-state index contributed by atoms with van der Waals surface area (Å²) in [5.74, 6) is 0. The van der Waals surface area contributed by atoms with Gasteiger partial charge in [0.1, 0.15) is 0 Å². The second-order valence-corrected chi connectivity index (χ2v) is 2.56. The van der Waals surface area contributed by atoms with E-state index >= 15 is 0 Å².